The lowest BCUT2D eigenvalue weighted by molar-refractivity contribution is -0.371. The molecule has 0 rings (SSSR count). The summed E-state index contributed by atoms with van der Waals surface area (Å²) >= 11 is 0. The van der Waals surface area contributed by atoms with Crippen LogP contribution in [0.15, 0.2) is 50.1 Å². The molecule has 0 aliphatic rings. The second kappa shape index (κ2) is 10.3. The Hall–Kier alpha value is -2.03. The Balaban J connectivity index is 0. The van der Waals surface area contributed by atoms with Gasteiger partial charge in [-0.25, -0.2) is 8.78 Å². The van der Waals surface area contributed by atoms with Gasteiger partial charge >= 0.3 is 24.5 Å². The molecule has 0 heterocycles. The van der Waals surface area contributed by atoms with Crippen molar-refractivity contribution in [1.82, 2.24) is 0 Å². The van der Waals surface area contributed by atoms with Crippen molar-refractivity contribution in [3.8, 4) is 0 Å². The van der Waals surface area contributed by atoms with Gasteiger partial charge in [-0.15, -0.1) is 6.58 Å². The highest BCUT2D eigenvalue weighted by atomic mass is 19.4. The molecule has 2 N–H and O–H groups in total. The summed E-state index contributed by atoms with van der Waals surface area (Å²) in [5, 5.41) is 17.4. The molecule has 0 spiro atoms. The first-order valence-corrected chi connectivity index (χ1v) is 7.82. The van der Waals surface area contributed by atoms with Crippen LogP contribution in [-0.4, -0.2) is 45.9 Å². The molecule has 0 aromatic heterocycles. The third-order valence-electron chi connectivity index (χ3n) is 3.86. The number of allylic oxidation sites excluding steroid dienone is 2. The van der Waals surface area contributed by atoms with Gasteiger partial charge in [0.05, 0.1) is 5.83 Å². The fourth-order valence-corrected chi connectivity index (χ4v) is 1.92. The smallest absolute Gasteiger partial charge is 0.374 e. The highest BCUT2D eigenvalue weighted by Gasteiger charge is 2.70. The first-order valence-electron chi connectivity index (χ1n) is 7.82. The van der Waals surface area contributed by atoms with Gasteiger partial charge in [-0.1, -0.05) is 25.8 Å². The average Bonchev–Trinajstić information content (AvgIpc) is 2.56. The molecule has 2 unspecified atom stereocenters. The molecule has 0 saturated heterocycles. The number of halogens is 13. The van der Waals surface area contributed by atoms with E-state index < -0.39 is 72.1 Å². The zero-order valence-corrected chi connectivity index (χ0v) is 15.8. The molecule has 32 heavy (non-hydrogen) atoms. The van der Waals surface area contributed by atoms with Crippen molar-refractivity contribution < 1.29 is 67.3 Å². The summed E-state index contributed by atoms with van der Waals surface area (Å²) in [5.41, 5.74) is -9.54. The summed E-state index contributed by atoms with van der Waals surface area (Å²) in [6.07, 6.45) is -19.9. The standard InChI is InChI=1S/C10H11F7O.C7H6F6O/c1-3-7(4-6(2)11)5-8(18,9(12,13)14)10(15,16)17;1-3-5(14,7(11,12)13)6(9,10)4(2)8/h3,7,18H,1-2,4-5H2;3,14H,1-2H2. The molecular weight excluding hydrogens is 483 g/mol. The molecule has 0 aliphatic heterocycles. The van der Waals surface area contributed by atoms with Crippen LogP contribution in [0, 0.1) is 5.92 Å². The van der Waals surface area contributed by atoms with Gasteiger partial charge in [0, 0.05) is 12.8 Å². The Morgan fingerprint density at radius 1 is 0.750 bits per heavy atom. The Bertz CT molecular complexity index is 674. The SMILES string of the molecule is C=CC(CC(=C)F)CC(O)(C(F)(F)F)C(F)(F)F.C=CC(O)(C(F)(F)F)C(F)(F)C(=C)F. The van der Waals surface area contributed by atoms with Gasteiger partial charge in [0.15, 0.2) is 5.83 Å². The lowest BCUT2D eigenvalue weighted by Crippen LogP contribution is -2.57. The van der Waals surface area contributed by atoms with Crippen molar-refractivity contribution >= 4 is 0 Å². The molecule has 2 nitrogen and oxygen atoms in total. The first kappa shape index (κ1) is 32.2. The van der Waals surface area contributed by atoms with Crippen molar-refractivity contribution in [3.05, 3.63) is 50.1 Å². The lowest BCUT2D eigenvalue weighted by atomic mass is 9.87. The Morgan fingerprint density at radius 2 is 1.12 bits per heavy atom. The minimum absolute atomic E-state index is 0.474. The van der Waals surface area contributed by atoms with Crippen LogP contribution >= 0.6 is 0 Å². The Kier molecular flexibility index (Phi) is 10.3. The van der Waals surface area contributed by atoms with Crippen LogP contribution in [0.3, 0.4) is 0 Å². The summed E-state index contributed by atoms with van der Waals surface area (Å²) in [6.45, 7) is 10.2. The predicted octanol–water partition coefficient (Wildman–Crippen LogP) is 6.49. The molecule has 0 amide bonds. The maximum absolute atomic E-state index is 12.6. The van der Waals surface area contributed by atoms with E-state index in [9.17, 15) is 57.1 Å². The van der Waals surface area contributed by atoms with Crippen molar-refractivity contribution in [1.29, 1.82) is 0 Å². The van der Waals surface area contributed by atoms with E-state index in [1.54, 1.807) is 0 Å². The lowest BCUT2D eigenvalue weighted by Gasteiger charge is -2.34. The van der Waals surface area contributed by atoms with Crippen molar-refractivity contribution in [2.45, 2.75) is 48.5 Å². The topological polar surface area (TPSA) is 40.5 Å². The van der Waals surface area contributed by atoms with Crippen LogP contribution < -0.4 is 0 Å². The highest BCUT2D eigenvalue weighted by molar-refractivity contribution is 5.20. The molecule has 188 valence electrons. The van der Waals surface area contributed by atoms with Crippen LogP contribution in [0.2, 0.25) is 0 Å². The molecule has 0 fully saturated rings. The Morgan fingerprint density at radius 3 is 1.28 bits per heavy atom. The van der Waals surface area contributed by atoms with E-state index in [4.69, 9.17) is 10.2 Å². The minimum Gasteiger partial charge on any atom is -0.374 e. The van der Waals surface area contributed by atoms with Gasteiger partial charge in [-0.3, -0.25) is 0 Å². The zero-order chi connectivity index (χ0) is 26.6. The monoisotopic (exact) mass is 500 g/mol. The van der Waals surface area contributed by atoms with Gasteiger partial charge in [0.25, 0.3) is 5.60 Å². The van der Waals surface area contributed by atoms with E-state index in [-0.39, 0.29) is 0 Å². The van der Waals surface area contributed by atoms with E-state index in [1.165, 1.54) is 0 Å². The fourth-order valence-electron chi connectivity index (χ4n) is 1.92. The van der Waals surface area contributed by atoms with Gasteiger partial charge in [0.1, 0.15) is 0 Å². The van der Waals surface area contributed by atoms with E-state index in [2.05, 4.69) is 19.7 Å². The zero-order valence-electron chi connectivity index (χ0n) is 15.8. The average molecular weight is 500 g/mol. The van der Waals surface area contributed by atoms with Crippen molar-refractivity contribution in [2.75, 3.05) is 0 Å². The fraction of sp³-hybridized carbons (Fsp3) is 0.529. The van der Waals surface area contributed by atoms with Crippen LogP contribution in [-0.2, 0) is 0 Å². The number of alkyl halides is 11. The molecule has 0 aliphatic carbocycles. The normalized spacial score (nSPS) is 16.2. The quantitative estimate of drug-likeness (QED) is 0.296. The van der Waals surface area contributed by atoms with E-state index >= 15 is 0 Å². The molecular formula is C17H17F13O2. The maximum atomic E-state index is 12.6. The summed E-state index contributed by atoms with van der Waals surface area (Å²) in [4.78, 5) is 0. The van der Waals surface area contributed by atoms with Gasteiger partial charge in [-0.2, -0.15) is 48.3 Å². The van der Waals surface area contributed by atoms with E-state index in [0.29, 0.717) is 6.08 Å². The summed E-state index contributed by atoms with van der Waals surface area (Å²) in [6, 6.07) is 0. The second-order valence-corrected chi connectivity index (χ2v) is 6.22. The summed E-state index contributed by atoms with van der Waals surface area (Å²) < 4.78 is 159. The number of hydrogen-bond acceptors (Lipinski definition) is 2. The van der Waals surface area contributed by atoms with Crippen molar-refractivity contribution in [2.24, 2.45) is 5.92 Å². The molecule has 0 bridgehead atoms. The van der Waals surface area contributed by atoms with Crippen LogP contribution in [0.25, 0.3) is 0 Å². The molecule has 0 aromatic carbocycles. The van der Waals surface area contributed by atoms with Gasteiger partial charge in [-0.05, 0) is 12.0 Å². The second-order valence-electron chi connectivity index (χ2n) is 6.22. The molecule has 0 aromatic rings. The minimum atomic E-state index is -5.91. The molecule has 15 heteroatoms. The summed E-state index contributed by atoms with van der Waals surface area (Å²) in [7, 11) is 0. The molecule has 0 saturated carbocycles. The number of rotatable bonds is 8. The van der Waals surface area contributed by atoms with Crippen LogP contribution in [0.1, 0.15) is 12.8 Å². The molecule has 2 atom stereocenters. The predicted molar refractivity (Wildman–Crippen MR) is 86.6 cm³/mol. The van der Waals surface area contributed by atoms with Gasteiger partial charge in [0.2, 0.25) is 5.60 Å². The number of aliphatic hydroxyl groups is 2. The van der Waals surface area contributed by atoms with E-state index in [1.807, 2.05) is 6.58 Å². The third-order valence-corrected chi connectivity index (χ3v) is 3.86. The van der Waals surface area contributed by atoms with Gasteiger partial charge < -0.3 is 10.2 Å². The van der Waals surface area contributed by atoms with Crippen LogP contribution in [0.5, 0.6) is 0 Å². The van der Waals surface area contributed by atoms with Crippen LogP contribution in [0.4, 0.5) is 57.1 Å². The number of hydrogen-bond donors (Lipinski definition) is 2. The maximum Gasteiger partial charge on any atom is 0.427 e. The largest absolute Gasteiger partial charge is 0.427 e. The van der Waals surface area contributed by atoms with E-state index in [0.717, 1.165) is 0 Å². The van der Waals surface area contributed by atoms with Crippen molar-refractivity contribution in [3.63, 3.8) is 0 Å². The third kappa shape index (κ3) is 6.98. The molecule has 0 radical (unpaired) electrons. The summed E-state index contributed by atoms with van der Waals surface area (Å²) in [5.74, 6) is -10.4. The first-order chi connectivity index (χ1) is 13.9. The highest BCUT2D eigenvalue weighted by Crippen LogP contribution is 2.48. The Labute approximate surface area is 173 Å².